The van der Waals surface area contributed by atoms with Crippen LogP contribution in [0.4, 0.5) is 0 Å². The lowest BCUT2D eigenvalue weighted by atomic mass is 9.84. The van der Waals surface area contributed by atoms with E-state index in [1.807, 2.05) is 23.4 Å². The van der Waals surface area contributed by atoms with E-state index in [9.17, 15) is 0 Å². The highest BCUT2D eigenvalue weighted by Gasteiger charge is 2.19. The zero-order chi connectivity index (χ0) is 30.5. The lowest BCUT2D eigenvalue weighted by Crippen LogP contribution is -1.92. The predicted octanol–water partition coefficient (Wildman–Crippen LogP) is 12.4. The number of fused-ring (bicyclic) bond motifs is 3. The molecule has 0 aliphatic carbocycles. The van der Waals surface area contributed by atoms with Crippen LogP contribution >= 0.6 is 22.7 Å². The van der Waals surface area contributed by atoms with Gasteiger partial charge in [-0.1, -0.05) is 109 Å². The smallest absolute Gasteiger partial charge is 0.0797 e. The van der Waals surface area contributed by atoms with Gasteiger partial charge in [-0.25, -0.2) is 0 Å². The van der Waals surface area contributed by atoms with E-state index in [1.165, 1.54) is 86.6 Å². The molecule has 0 fully saturated rings. The fourth-order valence-corrected chi connectivity index (χ4v) is 7.96. The van der Waals surface area contributed by atoms with Gasteiger partial charge in [0.1, 0.15) is 0 Å². The van der Waals surface area contributed by atoms with Crippen LogP contribution in [0.3, 0.4) is 0 Å². The molecule has 0 atom stereocenters. The van der Waals surface area contributed by atoms with Gasteiger partial charge in [-0.2, -0.15) is 0 Å². The molecule has 9 aromatic rings. The molecule has 4 heteroatoms. The average Bonchev–Trinajstić information content (AvgIpc) is 3.86. The molecular formula is C42H26N2S2. The molecule has 0 unspecified atom stereocenters. The first-order chi connectivity index (χ1) is 22.8. The highest BCUT2D eigenvalue weighted by atomic mass is 32.1. The van der Waals surface area contributed by atoms with Crippen molar-refractivity contribution >= 4 is 55.0 Å². The summed E-state index contributed by atoms with van der Waals surface area (Å²) in [6.07, 6.45) is 3.91. The quantitative estimate of drug-likeness (QED) is 0.178. The summed E-state index contributed by atoms with van der Waals surface area (Å²) in [4.78, 5) is 11.0. The van der Waals surface area contributed by atoms with Crippen molar-refractivity contribution in [2.24, 2.45) is 0 Å². The third-order valence-electron chi connectivity index (χ3n) is 8.84. The topological polar surface area (TPSA) is 25.8 Å². The van der Waals surface area contributed by atoms with Crippen LogP contribution in [0.1, 0.15) is 0 Å². The molecule has 0 aliphatic rings. The first-order valence-electron chi connectivity index (χ1n) is 15.3. The van der Waals surface area contributed by atoms with Crippen molar-refractivity contribution in [2.45, 2.75) is 0 Å². The Balaban J connectivity index is 1.36. The molecule has 0 N–H and O–H groups in total. The van der Waals surface area contributed by atoms with Crippen molar-refractivity contribution in [3.8, 4) is 54.3 Å². The number of nitrogens with zero attached hydrogens (tertiary/aromatic N) is 2. The zero-order valence-corrected chi connectivity index (χ0v) is 26.4. The Morgan fingerprint density at radius 2 is 0.870 bits per heavy atom. The van der Waals surface area contributed by atoms with E-state index in [0.717, 1.165) is 0 Å². The van der Waals surface area contributed by atoms with E-state index in [2.05, 4.69) is 143 Å². The number of benzene rings is 7. The van der Waals surface area contributed by atoms with Crippen LogP contribution in [-0.4, -0.2) is 9.97 Å². The Kier molecular flexibility index (Phi) is 6.55. The molecule has 2 heterocycles. The summed E-state index contributed by atoms with van der Waals surface area (Å²) in [6.45, 7) is 0. The molecule has 0 saturated heterocycles. The third-order valence-corrected chi connectivity index (χ3v) is 10.5. The molecule has 2 nitrogen and oxygen atoms in total. The van der Waals surface area contributed by atoms with Crippen LogP contribution in [0.25, 0.3) is 86.6 Å². The summed E-state index contributed by atoms with van der Waals surface area (Å²) in [7, 11) is 0. The lowest BCUT2D eigenvalue weighted by Gasteiger charge is -2.19. The second-order valence-corrected chi connectivity index (χ2v) is 13.3. The number of hydrogen-bond acceptors (Lipinski definition) is 4. The summed E-state index contributed by atoms with van der Waals surface area (Å²) < 4.78 is 0. The van der Waals surface area contributed by atoms with Crippen LogP contribution in [-0.2, 0) is 0 Å². The van der Waals surface area contributed by atoms with Crippen molar-refractivity contribution in [1.29, 1.82) is 0 Å². The van der Waals surface area contributed by atoms with Crippen LogP contribution < -0.4 is 0 Å². The van der Waals surface area contributed by atoms with E-state index in [-0.39, 0.29) is 0 Å². The van der Waals surface area contributed by atoms with Crippen LogP contribution in [0.15, 0.2) is 157 Å². The zero-order valence-electron chi connectivity index (χ0n) is 24.7. The molecule has 0 bridgehead atoms. The maximum atomic E-state index is 4.35. The van der Waals surface area contributed by atoms with E-state index in [4.69, 9.17) is 0 Å². The van der Waals surface area contributed by atoms with Crippen LogP contribution in [0.2, 0.25) is 0 Å². The fraction of sp³-hybridized carbons (Fsp3) is 0. The third kappa shape index (κ3) is 4.62. The predicted molar refractivity (Wildman–Crippen MR) is 197 cm³/mol. The van der Waals surface area contributed by atoms with Gasteiger partial charge in [0, 0.05) is 12.4 Å². The summed E-state index contributed by atoms with van der Waals surface area (Å²) in [5, 5.41) is 7.46. The molecule has 0 saturated carbocycles. The minimum absolute atomic E-state index is 1.17. The van der Waals surface area contributed by atoms with E-state index in [1.54, 1.807) is 22.7 Å². The van der Waals surface area contributed by atoms with Gasteiger partial charge in [0.15, 0.2) is 0 Å². The first-order valence-corrected chi connectivity index (χ1v) is 17.0. The number of thiazole rings is 2. The fourth-order valence-electron chi connectivity index (χ4n) is 6.72. The summed E-state index contributed by atoms with van der Waals surface area (Å²) in [6, 6.07) is 49.1. The molecule has 0 radical (unpaired) electrons. The Hall–Kier alpha value is -5.42. The molecule has 9 rings (SSSR count). The summed E-state index contributed by atoms with van der Waals surface area (Å²) >= 11 is 3.35. The summed E-state index contributed by atoms with van der Waals surface area (Å²) in [5.74, 6) is 0. The molecular weight excluding hydrogens is 597 g/mol. The molecule has 46 heavy (non-hydrogen) atoms. The number of rotatable bonds is 5. The van der Waals surface area contributed by atoms with Crippen molar-refractivity contribution in [3.05, 3.63) is 157 Å². The van der Waals surface area contributed by atoms with Crippen molar-refractivity contribution in [2.75, 3.05) is 0 Å². The molecule has 0 spiro atoms. The van der Waals surface area contributed by atoms with Gasteiger partial charge in [-0.05, 0) is 101 Å². The molecule has 7 aromatic carbocycles. The van der Waals surface area contributed by atoms with Gasteiger partial charge < -0.3 is 0 Å². The Bertz CT molecular complexity index is 2530. The standard InChI is InChI=1S/C42H26N2S2/c1-2-8-28-19-29(16-15-27(28)7-1)30-17-18-37-38(22-30)42(34-12-6-10-32(21-34)40-24-44-26-46-40)36-14-4-3-13-35(36)41(37)33-11-5-9-31(20-33)39-23-43-25-45-39/h1-26H. The molecule has 0 aliphatic heterocycles. The normalized spacial score (nSPS) is 11.5. The lowest BCUT2D eigenvalue weighted by molar-refractivity contribution is 1.42. The maximum Gasteiger partial charge on any atom is 0.0797 e. The highest BCUT2D eigenvalue weighted by Crippen LogP contribution is 2.46. The Morgan fingerprint density at radius 3 is 1.50 bits per heavy atom. The first kappa shape index (κ1) is 26.9. The summed E-state index contributed by atoms with van der Waals surface area (Å²) in [5.41, 5.74) is 13.5. The second kappa shape index (κ2) is 11.2. The van der Waals surface area contributed by atoms with Gasteiger partial charge in [0.05, 0.1) is 20.8 Å². The van der Waals surface area contributed by atoms with Crippen molar-refractivity contribution in [3.63, 3.8) is 0 Å². The van der Waals surface area contributed by atoms with Gasteiger partial charge in [0.25, 0.3) is 0 Å². The van der Waals surface area contributed by atoms with Gasteiger partial charge in [-0.3, -0.25) is 9.97 Å². The number of aromatic nitrogens is 2. The Morgan fingerprint density at radius 1 is 0.348 bits per heavy atom. The highest BCUT2D eigenvalue weighted by molar-refractivity contribution is 7.13. The van der Waals surface area contributed by atoms with Crippen LogP contribution in [0, 0.1) is 0 Å². The van der Waals surface area contributed by atoms with E-state index in [0.29, 0.717) is 0 Å². The molecule has 2 aromatic heterocycles. The van der Waals surface area contributed by atoms with E-state index < -0.39 is 0 Å². The monoisotopic (exact) mass is 622 g/mol. The maximum absolute atomic E-state index is 4.35. The number of hydrogen-bond donors (Lipinski definition) is 0. The largest absolute Gasteiger partial charge is 0.252 e. The average molecular weight is 623 g/mol. The van der Waals surface area contributed by atoms with Gasteiger partial charge in [-0.15, -0.1) is 22.7 Å². The second-order valence-electron chi connectivity index (χ2n) is 11.5. The van der Waals surface area contributed by atoms with Crippen LogP contribution in [0.5, 0.6) is 0 Å². The Labute approximate surface area is 274 Å². The minimum Gasteiger partial charge on any atom is -0.252 e. The molecule has 0 amide bonds. The van der Waals surface area contributed by atoms with Crippen molar-refractivity contribution in [1.82, 2.24) is 9.97 Å². The van der Waals surface area contributed by atoms with Gasteiger partial charge >= 0.3 is 0 Å². The molecule has 216 valence electrons. The van der Waals surface area contributed by atoms with Crippen molar-refractivity contribution < 1.29 is 0 Å². The minimum atomic E-state index is 1.17. The SMILES string of the molecule is c1cc(-c2cncs2)cc(-c2c3ccccc3c(-c3cccc(-c4cncs4)c3)c3cc(-c4ccc5ccccc5c4)ccc23)c1. The van der Waals surface area contributed by atoms with Gasteiger partial charge in [0.2, 0.25) is 0 Å². The van der Waals surface area contributed by atoms with E-state index >= 15 is 0 Å².